The van der Waals surface area contributed by atoms with E-state index in [0.717, 1.165) is 4.47 Å². The molecule has 1 heterocycles. The molecule has 0 unspecified atom stereocenters. The molecular weight excluding hydrogens is 576 g/mol. The van der Waals surface area contributed by atoms with Gasteiger partial charge in [-0.1, -0.05) is 22.0 Å². The summed E-state index contributed by atoms with van der Waals surface area (Å²) in [6, 6.07) is 8.51. The number of hydrogen-bond donors (Lipinski definition) is 3. The molecule has 3 N–H and O–H groups in total. The van der Waals surface area contributed by atoms with Crippen LogP contribution in [0.2, 0.25) is 0 Å². The fourth-order valence-electron chi connectivity index (χ4n) is 3.62. The van der Waals surface area contributed by atoms with Gasteiger partial charge < -0.3 is 29.6 Å². The van der Waals surface area contributed by atoms with Crippen LogP contribution in [0.25, 0.3) is 0 Å². The summed E-state index contributed by atoms with van der Waals surface area (Å²) in [6.45, 7) is 4.37. The van der Waals surface area contributed by atoms with Gasteiger partial charge >= 0.3 is 18.0 Å². The zero-order valence-corrected chi connectivity index (χ0v) is 23.2. The van der Waals surface area contributed by atoms with Crippen molar-refractivity contribution in [1.29, 1.82) is 0 Å². The molecule has 2 aromatic rings. The number of rotatable bonds is 10. The largest absolute Gasteiger partial charge is 0.493 e. The summed E-state index contributed by atoms with van der Waals surface area (Å²) in [5, 5.41) is 9.18. The molecule has 2 aromatic carbocycles. The third-order valence-electron chi connectivity index (χ3n) is 5.26. The number of amides is 3. The number of methoxy groups -OCH3 is 1. The van der Waals surface area contributed by atoms with Crippen LogP contribution in [-0.4, -0.2) is 50.4 Å². The highest BCUT2D eigenvalue weighted by molar-refractivity contribution is 9.10. The molecule has 0 saturated carbocycles. The van der Waals surface area contributed by atoms with Crippen LogP contribution in [0.4, 0.5) is 4.79 Å². The number of halogens is 1. The number of nitrogens with zero attached hydrogens (tertiary/aromatic N) is 1. The van der Waals surface area contributed by atoms with Gasteiger partial charge in [0, 0.05) is 22.7 Å². The first kappa shape index (κ1) is 29.2. The normalized spacial score (nSPS) is 14.8. The van der Waals surface area contributed by atoms with Crippen molar-refractivity contribution in [2.75, 3.05) is 20.3 Å². The molecular formula is C26H27BrN4O8. The van der Waals surface area contributed by atoms with Crippen LogP contribution < -0.4 is 30.3 Å². The first-order valence-corrected chi connectivity index (χ1v) is 12.5. The predicted molar refractivity (Wildman–Crippen MR) is 143 cm³/mol. The molecule has 3 rings (SSSR count). The molecule has 0 saturated heterocycles. The summed E-state index contributed by atoms with van der Waals surface area (Å²) in [4.78, 5) is 48.2. The number of urea groups is 1. The summed E-state index contributed by atoms with van der Waals surface area (Å²) in [5.41, 5.74) is 3.98. The lowest BCUT2D eigenvalue weighted by atomic mass is 9.95. The van der Waals surface area contributed by atoms with Gasteiger partial charge in [-0.05, 0) is 49.7 Å². The second kappa shape index (κ2) is 13.4. The third-order valence-corrected chi connectivity index (χ3v) is 5.76. The molecule has 1 aliphatic heterocycles. The summed E-state index contributed by atoms with van der Waals surface area (Å²) in [6.07, 6.45) is 1.33. The average molecular weight is 603 g/mol. The van der Waals surface area contributed by atoms with Crippen molar-refractivity contribution in [3.8, 4) is 17.2 Å². The fourth-order valence-corrected chi connectivity index (χ4v) is 4.00. The van der Waals surface area contributed by atoms with Gasteiger partial charge in [-0.3, -0.25) is 9.59 Å². The number of allylic oxidation sites excluding steroid dienone is 1. The molecule has 0 aliphatic carbocycles. The second-order valence-electron chi connectivity index (χ2n) is 8.06. The Bertz CT molecular complexity index is 1340. The van der Waals surface area contributed by atoms with Crippen molar-refractivity contribution < 1.29 is 38.1 Å². The zero-order valence-electron chi connectivity index (χ0n) is 21.6. The zero-order chi connectivity index (χ0) is 28.5. The highest BCUT2D eigenvalue weighted by atomic mass is 79.9. The molecule has 206 valence electrons. The molecule has 0 radical (unpaired) electrons. The molecule has 0 bridgehead atoms. The maximum atomic E-state index is 12.5. The number of hydrogen-bond acceptors (Lipinski definition) is 9. The minimum absolute atomic E-state index is 0.175. The number of carbonyl (C=O) groups excluding carboxylic acids is 4. The van der Waals surface area contributed by atoms with E-state index < -0.39 is 29.9 Å². The topological polar surface area (TPSA) is 154 Å². The van der Waals surface area contributed by atoms with E-state index in [-0.39, 0.29) is 36.0 Å². The van der Waals surface area contributed by atoms with Gasteiger partial charge in [-0.2, -0.15) is 5.10 Å². The van der Waals surface area contributed by atoms with Gasteiger partial charge in [0.1, 0.15) is 5.75 Å². The van der Waals surface area contributed by atoms with Gasteiger partial charge in [-0.15, -0.1) is 0 Å². The van der Waals surface area contributed by atoms with Crippen LogP contribution in [0.15, 0.2) is 57.2 Å². The molecule has 0 aromatic heterocycles. The van der Waals surface area contributed by atoms with E-state index in [9.17, 15) is 19.2 Å². The summed E-state index contributed by atoms with van der Waals surface area (Å²) in [7, 11) is 1.42. The van der Waals surface area contributed by atoms with E-state index >= 15 is 0 Å². The van der Waals surface area contributed by atoms with Crippen LogP contribution in [-0.2, 0) is 19.1 Å². The van der Waals surface area contributed by atoms with Crippen molar-refractivity contribution in [1.82, 2.24) is 16.1 Å². The van der Waals surface area contributed by atoms with Crippen LogP contribution in [0, 0.1) is 0 Å². The number of ether oxygens (including phenoxy) is 4. The molecule has 0 fully saturated rings. The Morgan fingerprint density at radius 1 is 1.13 bits per heavy atom. The van der Waals surface area contributed by atoms with Crippen LogP contribution in [0.1, 0.15) is 37.9 Å². The fraction of sp³-hybridized carbons (Fsp3) is 0.269. The number of hydrazone groups is 1. The van der Waals surface area contributed by atoms with E-state index in [1.54, 1.807) is 50.2 Å². The van der Waals surface area contributed by atoms with E-state index in [0.29, 0.717) is 16.8 Å². The van der Waals surface area contributed by atoms with E-state index in [4.69, 9.17) is 18.9 Å². The molecule has 12 nitrogen and oxygen atoms in total. The average Bonchev–Trinajstić information content (AvgIpc) is 2.88. The number of carbonyl (C=O) groups is 4. The van der Waals surface area contributed by atoms with Crippen LogP contribution >= 0.6 is 15.9 Å². The minimum Gasteiger partial charge on any atom is -0.493 e. The van der Waals surface area contributed by atoms with Gasteiger partial charge in [0.25, 0.3) is 5.91 Å². The highest BCUT2D eigenvalue weighted by Gasteiger charge is 2.32. The molecule has 39 heavy (non-hydrogen) atoms. The van der Waals surface area contributed by atoms with E-state index in [1.807, 2.05) is 0 Å². The van der Waals surface area contributed by atoms with Crippen LogP contribution in [0.3, 0.4) is 0 Å². The lowest BCUT2D eigenvalue weighted by Crippen LogP contribution is -2.45. The van der Waals surface area contributed by atoms with Crippen molar-refractivity contribution in [2.45, 2.75) is 26.8 Å². The lowest BCUT2D eigenvalue weighted by molar-refractivity contribution is -0.139. The molecule has 1 aliphatic rings. The quantitative estimate of drug-likeness (QED) is 0.162. The molecule has 13 heteroatoms. The monoisotopic (exact) mass is 602 g/mol. The van der Waals surface area contributed by atoms with Crippen molar-refractivity contribution in [2.24, 2.45) is 5.10 Å². The molecule has 3 amide bonds. The number of benzene rings is 2. The Morgan fingerprint density at radius 2 is 1.87 bits per heavy atom. The van der Waals surface area contributed by atoms with Crippen molar-refractivity contribution >= 4 is 46.0 Å². The standard InChI is InChI=1S/C26H27BrN4O8/c1-5-37-25(34)23-14(2)29-26(35)30-24(23)16-6-8-20(21(11-16)36-4)38-13-22(33)31-28-12-17-10-18(27)7-9-19(17)39-15(3)32/h6-12,24H,5,13H2,1-4H3,(H,31,33)(H2,29,30,35)/b28-12+/t24-/m0/s1. The highest BCUT2D eigenvalue weighted by Crippen LogP contribution is 2.34. The maximum Gasteiger partial charge on any atom is 0.338 e. The number of nitrogens with one attached hydrogen (secondary N) is 3. The SMILES string of the molecule is CCOC(=O)C1=C(C)NC(=O)N[C@H]1c1ccc(OCC(=O)N/N=C/c2cc(Br)ccc2OC(C)=O)c(OC)c1. The molecule has 0 spiro atoms. The Kier molecular flexibility index (Phi) is 10.0. The Labute approximate surface area is 232 Å². The Morgan fingerprint density at radius 3 is 2.56 bits per heavy atom. The summed E-state index contributed by atoms with van der Waals surface area (Å²) in [5.74, 6) is -0.802. The van der Waals surface area contributed by atoms with Gasteiger partial charge in [0.05, 0.1) is 31.5 Å². The third kappa shape index (κ3) is 7.80. The van der Waals surface area contributed by atoms with Gasteiger partial charge in [-0.25, -0.2) is 15.0 Å². The van der Waals surface area contributed by atoms with Gasteiger partial charge in [0.15, 0.2) is 18.1 Å². The maximum absolute atomic E-state index is 12.5. The second-order valence-corrected chi connectivity index (χ2v) is 8.97. The molecule has 1 atom stereocenters. The minimum atomic E-state index is -0.784. The Hall–Kier alpha value is -4.39. The van der Waals surface area contributed by atoms with E-state index in [1.165, 1.54) is 20.2 Å². The predicted octanol–water partition coefficient (Wildman–Crippen LogP) is 3.10. The number of esters is 2. The first-order valence-electron chi connectivity index (χ1n) is 11.7. The van der Waals surface area contributed by atoms with Crippen molar-refractivity contribution in [3.05, 3.63) is 63.3 Å². The summed E-state index contributed by atoms with van der Waals surface area (Å²) >= 11 is 3.33. The van der Waals surface area contributed by atoms with E-state index in [2.05, 4.69) is 37.1 Å². The van der Waals surface area contributed by atoms with Crippen molar-refractivity contribution in [3.63, 3.8) is 0 Å². The summed E-state index contributed by atoms with van der Waals surface area (Å²) < 4.78 is 22.0. The first-order chi connectivity index (χ1) is 18.6. The van der Waals surface area contributed by atoms with Gasteiger partial charge in [0.2, 0.25) is 0 Å². The Balaban J connectivity index is 1.69. The lowest BCUT2D eigenvalue weighted by Gasteiger charge is -2.28. The smallest absolute Gasteiger partial charge is 0.338 e. The van der Waals surface area contributed by atoms with Crippen LogP contribution in [0.5, 0.6) is 17.2 Å².